The summed E-state index contributed by atoms with van der Waals surface area (Å²) >= 11 is 0. The van der Waals surface area contributed by atoms with Crippen LogP contribution in [0, 0.1) is 6.92 Å². The Morgan fingerprint density at radius 2 is 1.82 bits per heavy atom. The summed E-state index contributed by atoms with van der Waals surface area (Å²) in [6, 6.07) is 5.38. The molecule has 1 fully saturated rings. The van der Waals surface area contributed by atoms with E-state index in [1.54, 1.807) is 0 Å². The minimum Gasteiger partial charge on any atom is -0.448 e. The maximum absolute atomic E-state index is 13.1. The second kappa shape index (κ2) is 9.34. The summed E-state index contributed by atoms with van der Waals surface area (Å²) in [7, 11) is 0. The van der Waals surface area contributed by atoms with Gasteiger partial charge in [-0.1, -0.05) is 6.07 Å². The van der Waals surface area contributed by atoms with Crippen molar-refractivity contribution < 1.29 is 32.2 Å². The Bertz CT molecular complexity index is 1110. The Balaban J connectivity index is 1.84. The molecule has 3 atom stereocenters. The Hall–Kier alpha value is -3.21. The zero-order valence-corrected chi connectivity index (χ0v) is 18.5. The largest absolute Gasteiger partial charge is 0.448 e. The molecule has 11 heteroatoms. The molecule has 3 rings (SSSR count). The quantitative estimate of drug-likeness (QED) is 0.643. The van der Waals surface area contributed by atoms with Gasteiger partial charge in [0.25, 0.3) is 5.91 Å². The minimum absolute atomic E-state index is 0.0109. The molecule has 0 radical (unpaired) electrons. The van der Waals surface area contributed by atoms with Gasteiger partial charge in [0.15, 0.2) is 6.10 Å². The molecule has 3 unspecified atom stereocenters. The summed E-state index contributed by atoms with van der Waals surface area (Å²) in [5, 5.41) is 3.93. The minimum atomic E-state index is -4.57. The molecule has 1 aromatic heterocycles. The first-order chi connectivity index (χ1) is 15.4. The molecule has 2 heterocycles. The van der Waals surface area contributed by atoms with Gasteiger partial charge in [0, 0.05) is 24.8 Å². The number of nitrogens with zero attached hydrogens (tertiary/aromatic N) is 3. The summed E-state index contributed by atoms with van der Waals surface area (Å²) in [6.45, 7) is 7.14. The molecular weight excluding hydrogens is 443 g/mol. The number of ether oxygens (including phenoxy) is 2. The van der Waals surface area contributed by atoms with E-state index in [4.69, 9.17) is 9.47 Å². The van der Waals surface area contributed by atoms with Crippen LogP contribution in [0.1, 0.15) is 42.5 Å². The number of aryl methyl sites for hydroxylation is 1. The Kier molecular flexibility index (Phi) is 6.92. The molecule has 1 aliphatic heterocycles. The van der Waals surface area contributed by atoms with Gasteiger partial charge in [-0.05, 0) is 45.9 Å². The van der Waals surface area contributed by atoms with Crippen molar-refractivity contribution >= 4 is 11.9 Å². The number of hydrogen-bond acceptors (Lipinski definition) is 6. The summed E-state index contributed by atoms with van der Waals surface area (Å²) < 4.78 is 51.1. The second-order valence-corrected chi connectivity index (χ2v) is 8.01. The van der Waals surface area contributed by atoms with Crippen LogP contribution in [0.2, 0.25) is 0 Å². The highest BCUT2D eigenvalue weighted by Crippen LogP contribution is 2.30. The van der Waals surface area contributed by atoms with Crippen LogP contribution in [0.25, 0.3) is 5.69 Å². The molecule has 8 nitrogen and oxygen atoms in total. The fourth-order valence-electron chi connectivity index (χ4n) is 3.65. The van der Waals surface area contributed by atoms with Crippen LogP contribution in [0.5, 0.6) is 0 Å². The van der Waals surface area contributed by atoms with Gasteiger partial charge >= 0.3 is 12.1 Å². The third-order valence-electron chi connectivity index (χ3n) is 5.08. The lowest BCUT2D eigenvalue weighted by atomic mass is 10.2. The van der Waals surface area contributed by atoms with Gasteiger partial charge in [-0.3, -0.25) is 9.59 Å². The SMILES string of the molecule is Cc1cc(=O)c(C(=O)OC(C)C(=O)N2CC(C)OC(C)C2)nn1-c1cccc(C(F)(F)F)c1. The van der Waals surface area contributed by atoms with Crippen molar-refractivity contribution in [1.29, 1.82) is 0 Å². The van der Waals surface area contributed by atoms with Crippen LogP contribution in [0.15, 0.2) is 35.1 Å². The number of carbonyl (C=O) groups excluding carboxylic acids is 2. The first kappa shape index (κ1) is 24.4. The molecule has 2 aromatic rings. The molecule has 33 heavy (non-hydrogen) atoms. The van der Waals surface area contributed by atoms with Crippen LogP contribution in [-0.2, 0) is 20.4 Å². The van der Waals surface area contributed by atoms with Gasteiger partial charge < -0.3 is 14.4 Å². The molecule has 0 aliphatic carbocycles. The average molecular weight is 467 g/mol. The first-order valence-electron chi connectivity index (χ1n) is 10.3. The monoisotopic (exact) mass is 467 g/mol. The summed E-state index contributed by atoms with van der Waals surface area (Å²) in [6.07, 6.45) is -6.13. The van der Waals surface area contributed by atoms with E-state index in [2.05, 4.69) is 5.10 Å². The highest BCUT2D eigenvalue weighted by atomic mass is 19.4. The summed E-state index contributed by atoms with van der Waals surface area (Å²) in [4.78, 5) is 39.2. The van der Waals surface area contributed by atoms with Gasteiger partial charge in [-0.25, -0.2) is 9.48 Å². The van der Waals surface area contributed by atoms with Crippen LogP contribution in [0.4, 0.5) is 13.2 Å². The number of hydrogen-bond donors (Lipinski definition) is 0. The standard InChI is InChI=1S/C22H24F3N3O5/c1-12-8-18(29)19(26-28(12)17-7-5-6-16(9-17)22(23,24)25)21(31)33-15(4)20(30)27-10-13(2)32-14(3)11-27/h5-9,13-15H,10-11H2,1-4H3. The highest BCUT2D eigenvalue weighted by molar-refractivity contribution is 5.90. The number of morpholine rings is 1. The van der Waals surface area contributed by atoms with Crippen LogP contribution >= 0.6 is 0 Å². The lowest BCUT2D eigenvalue weighted by molar-refractivity contribution is -0.151. The number of carbonyl (C=O) groups is 2. The van der Waals surface area contributed by atoms with Crippen molar-refractivity contribution in [2.24, 2.45) is 0 Å². The van der Waals surface area contributed by atoms with Gasteiger partial charge in [0.2, 0.25) is 11.1 Å². The van der Waals surface area contributed by atoms with Crippen molar-refractivity contribution in [3.63, 3.8) is 0 Å². The number of rotatable bonds is 4. The van der Waals surface area contributed by atoms with E-state index in [-0.39, 0.29) is 23.6 Å². The smallest absolute Gasteiger partial charge is 0.416 e. The van der Waals surface area contributed by atoms with Crippen LogP contribution < -0.4 is 5.43 Å². The van der Waals surface area contributed by atoms with E-state index in [1.165, 1.54) is 30.9 Å². The molecule has 0 N–H and O–H groups in total. The molecule has 0 spiro atoms. The second-order valence-electron chi connectivity index (χ2n) is 8.01. The number of alkyl halides is 3. The molecular formula is C22H24F3N3O5. The zero-order valence-electron chi connectivity index (χ0n) is 18.5. The first-order valence-corrected chi connectivity index (χ1v) is 10.3. The van der Waals surface area contributed by atoms with Gasteiger partial charge in [0.1, 0.15) is 0 Å². The molecule has 1 amide bonds. The zero-order chi connectivity index (χ0) is 24.5. The van der Waals surface area contributed by atoms with E-state index in [9.17, 15) is 27.6 Å². The predicted molar refractivity (Wildman–Crippen MR) is 111 cm³/mol. The van der Waals surface area contributed by atoms with Crippen molar-refractivity contribution in [1.82, 2.24) is 14.7 Å². The number of esters is 1. The Morgan fingerprint density at radius 1 is 1.18 bits per heavy atom. The van der Waals surface area contributed by atoms with Gasteiger partial charge in [-0.2, -0.15) is 18.3 Å². The van der Waals surface area contributed by atoms with Gasteiger partial charge in [0.05, 0.1) is 23.5 Å². The molecule has 1 saturated heterocycles. The number of amides is 1. The topological polar surface area (TPSA) is 90.7 Å². The Labute approximate surface area is 187 Å². The lowest BCUT2D eigenvalue weighted by Crippen LogP contribution is -2.51. The van der Waals surface area contributed by atoms with Crippen molar-refractivity contribution in [2.75, 3.05) is 13.1 Å². The predicted octanol–water partition coefficient (Wildman–Crippen LogP) is 2.74. The van der Waals surface area contributed by atoms with E-state index in [1.807, 2.05) is 13.8 Å². The number of benzene rings is 1. The van der Waals surface area contributed by atoms with Crippen LogP contribution in [0.3, 0.4) is 0 Å². The fourth-order valence-corrected chi connectivity index (χ4v) is 3.65. The van der Waals surface area contributed by atoms with Gasteiger partial charge in [-0.15, -0.1) is 0 Å². The lowest BCUT2D eigenvalue weighted by Gasteiger charge is -2.36. The number of halogens is 3. The summed E-state index contributed by atoms with van der Waals surface area (Å²) in [5.41, 5.74) is -2.08. The third-order valence-corrected chi connectivity index (χ3v) is 5.08. The number of aromatic nitrogens is 2. The molecule has 1 aliphatic rings. The maximum Gasteiger partial charge on any atom is 0.416 e. The Morgan fingerprint density at radius 3 is 2.42 bits per heavy atom. The molecule has 0 saturated carbocycles. The van der Waals surface area contributed by atoms with E-state index >= 15 is 0 Å². The van der Waals surface area contributed by atoms with Crippen molar-refractivity contribution in [2.45, 2.75) is 52.2 Å². The van der Waals surface area contributed by atoms with E-state index in [0.717, 1.165) is 22.9 Å². The third kappa shape index (κ3) is 5.59. The molecule has 0 bridgehead atoms. The van der Waals surface area contributed by atoms with E-state index in [0.29, 0.717) is 13.1 Å². The van der Waals surface area contributed by atoms with E-state index < -0.39 is 40.8 Å². The molecule has 178 valence electrons. The average Bonchev–Trinajstić information content (AvgIpc) is 2.71. The summed E-state index contributed by atoms with van der Waals surface area (Å²) in [5.74, 6) is -1.59. The maximum atomic E-state index is 13.1. The van der Waals surface area contributed by atoms with Crippen molar-refractivity contribution in [3.05, 3.63) is 57.5 Å². The molecule has 1 aromatic carbocycles. The normalized spacial score (nSPS) is 19.8. The van der Waals surface area contributed by atoms with Crippen LogP contribution in [-0.4, -0.2) is 58.0 Å². The van der Waals surface area contributed by atoms with Crippen molar-refractivity contribution in [3.8, 4) is 5.69 Å². The fraction of sp³-hybridized carbons (Fsp3) is 0.455. The highest BCUT2D eigenvalue weighted by Gasteiger charge is 2.32.